The van der Waals surface area contributed by atoms with Gasteiger partial charge < -0.3 is 5.73 Å². The number of rotatable bonds is 1. The quantitative estimate of drug-likeness (QED) is 0.754. The van der Waals surface area contributed by atoms with Crippen LogP contribution in [-0.4, -0.2) is 0 Å². The largest absolute Gasteiger partial charge is 0.322 e. The molecular weight excluding hydrogens is 218 g/mol. The van der Waals surface area contributed by atoms with Crippen molar-refractivity contribution in [1.82, 2.24) is 0 Å². The lowest BCUT2D eigenvalue weighted by Crippen LogP contribution is -2.28. The van der Waals surface area contributed by atoms with Gasteiger partial charge in [0.25, 0.3) is 0 Å². The monoisotopic (exact) mass is 235 g/mol. The first-order valence-electron chi connectivity index (χ1n) is 6.02. The van der Waals surface area contributed by atoms with Crippen molar-refractivity contribution < 1.29 is 0 Å². The maximum atomic E-state index is 6.04. The van der Waals surface area contributed by atoms with Crippen molar-refractivity contribution in [1.29, 1.82) is 0 Å². The van der Waals surface area contributed by atoms with Crippen molar-refractivity contribution in [2.75, 3.05) is 0 Å². The lowest BCUT2D eigenvalue weighted by Gasteiger charge is -2.18. The molecule has 0 aliphatic rings. The summed E-state index contributed by atoms with van der Waals surface area (Å²) >= 11 is 0. The second-order valence-electron chi connectivity index (χ2n) is 4.92. The van der Waals surface area contributed by atoms with E-state index in [1.165, 1.54) is 0 Å². The molecule has 18 heavy (non-hydrogen) atoms. The predicted octanol–water partition coefficient (Wildman–Crippen LogP) is 3.28. The Labute approximate surface area is 109 Å². The number of hydrogen-bond acceptors (Lipinski definition) is 1. The maximum Gasteiger partial charge on any atom is 0.0352 e. The van der Waals surface area contributed by atoms with Crippen LogP contribution in [-0.2, 0) is 5.54 Å². The van der Waals surface area contributed by atoms with Crippen LogP contribution in [0.3, 0.4) is 0 Å². The number of benzene rings is 2. The summed E-state index contributed by atoms with van der Waals surface area (Å²) in [4.78, 5) is 0. The highest BCUT2D eigenvalue weighted by molar-refractivity contribution is 5.43. The van der Waals surface area contributed by atoms with E-state index in [1.54, 1.807) is 0 Å². The van der Waals surface area contributed by atoms with Crippen LogP contribution in [0.25, 0.3) is 0 Å². The third-order valence-electron chi connectivity index (χ3n) is 2.75. The molecule has 0 aliphatic carbocycles. The lowest BCUT2D eigenvalue weighted by atomic mass is 9.95. The van der Waals surface area contributed by atoms with Crippen molar-refractivity contribution in [2.45, 2.75) is 19.4 Å². The topological polar surface area (TPSA) is 26.0 Å². The molecule has 0 saturated heterocycles. The molecule has 90 valence electrons. The van der Waals surface area contributed by atoms with Gasteiger partial charge in [0.1, 0.15) is 0 Å². The second-order valence-corrected chi connectivity index (χ2v) is 4.92. The van der Waals surface area contributed by atoms with Gasteiger partial charge in [0.2, 0.25) is 0 Å². The average molecular weight is 235 g/mol. The Kier molecular flexibility index (Phi) is 3.50. The molecule has 0 atom stereocenters. The highest BCUT2D eigenvalue weighted by Crippen LogP contribution is 2.16. The maximum absolute atomic E-state index is 6.04. The molecule has 0 amide bonds. The van der Waals surface area contributed by atoms with Crippen LogP contribution in [0, 0.1) is 11.8 Å². The summed E-state index contributed by atoms with van der Waals surface area (Å²) in [5, 5.41) is 0. The standard InChI is InChI=1S/C17H17N/c1-17(2,18)16-12-10-15(11-13-16)9-8-14-6-4-3-5-7-14/h3-7,10-13H,18H2,1-2H3. The zero-order valence-corrected chi connectivity index (χ0v) is 10.8. The van der Waals surface area contributed by atoms with Crippen molar-refractivity contribution in [3.05, 3.63) is 71.3 Å². The molecule has 1 nitrogen and oxygen atoms in total. The Morgan fingerprint density at radius 3 is 1.78 bits per heavy atom. The summed E-state index contributed by atoms with van der Waals surface area (Å²) in [5.74, 6) is 6.29. The van der Waals surface area contributed by atoms with Gasteiger partial charge in [-0.3, -0.25) is 0 Å². The SMILES string of the molecule is CC(C)(N)c1ccc(C#Cc2ccccc2)cc1. The molecule has 1 heteroatoms. The first-order chi connectivity index (χ1) is 8.55. The van der Waals surface area contributed by atoms with E-state index in [-0.39, 0.29) is 5.54 Å². The molecule has 0 aliphatic heterocycles. The minimum absolute atomic E-state index is 0.300. The summed E-state index contributed by atoms with van der Waals surface area (Å²) in [5.41, 5.74) is 8.89. The van der Waals surface area contributed by atoms with Gasteiger partial charge >= 0.3 is 0 Å². The Morgan fingerprint density at radius 2 is 1.28 bits per heavy atom. The van der Waals surface area contributed by atoms with Gasteiger partial charge in [-0.25, -0.2) is 0 Å². The van der Waals surface area contributed by atoms with Gasteiger partial charge in [-0.05, 0) is 43.7 Å². The molecule has 0 spiro atoms. The van der Waals surface area contributed by atoms with E-state index < -0.39 is 0 Å². The molecule has 0 saturated carbocycles. The first-order valence-corrected chi connectivity index (χ1v) is 6.02. The third-order valence-corrected chi connectivity index (χ3v) is 2.75. The molecule has 0 radical (unpaired) electrons. The van der Waals surface area contributed by atoms with Crippen LogP contribution < -0.4 is 5.73 Å². The van der Waals surface area contributed by atoms with Crippen molar-refractivity contribution in [2.24, 2.45) is 5.73 Å². The molecule has 0 aromatic heterocycles. The van der Waals surface area contributed by atoms with E-state index in [9.17, 15) is 0 Å². The van der Waals surface area contributed by atoms with Crippen LogP contribution in [0.4, 0.5) is 0 Å². The van der Waals surface area contributed by atoms with Crippen molar-refractivity contribution >= 4 is 0 Å². The van der Waals surface area contributed by atoms with E-state index in [2.05, 4.69) is 11.8 Å². The van der Waals surface area contributed by atoms with Crippen LogP contribution in [0.2, 0.25) is 0 Å². The smallest absolute Gasteiger partial charge is 0.0352 e. The number of nitrogens with two attached hydrogens (primary N) is 1. The minimum atomic E-state index is -0.300. The Balaban J connectivity index is 2.20. The molecule has 2 aromatic rings. The molecule has 0 unspecified atom stereocenters. The van der Waals surface area contributed by atoms with Gasteiger partial charge in [-0.15, -0.1) is 0 Å². The molecule has 0 heterocycles. The summed E-state index contributed by atoms with van der Waals surface area (Å²) < 4.78 is 0. The summed E-state index contributed by atoms with van der Waals surface area (Å²) in [6.07, 6.45) is 0. The highest BCUT2D eigenvalue weighted by atomic mass is 14.7. The fourth-order valence-corrected chi connectivity index (χ4v) is 1.65. The van der Waals surface area contributed by atoms with Crippen LogP contribution >= 0.6 is 0 Å². The fourth-order valence-electron chi connectivity index (χ4n) is 1.65. The summed E-state index contributed by atoms with van der Waals surface area (Å²) in [7, 11) is 0. The Hall–Kier alpha value is -2.04. The van der Waals surface area contributed by atoms with Crippen LogP contribution in [0.5, 0.6) is 0 Å². The summed E-state index contributed by atoms with van der Waals surface area (Å²) in [6, 6.07) is 18.1. The van der Waals surface area contributed by atoms with Crippen molar-refractivity contribution in [3.63, 3.8) is 0 Å². The Morgan fingerprint density at radius 1 is 0.778 bits per heavy atom. The zero-order valence-electron chi connectivity index (χ0n) is 10.8. The van der Waals surface area contributed by atoms with Crippen LogP contribution in [0.15, 0.2) is 54.6 Å². The van der Waals surface area contributed by atoms with Crippen LogP contribution in [0.1, 0.15) is 30.5 Å². The van der Waals surface area contributed by atoms with E-state index in [1.807, 2.05) is 68.4 Å². The van der Waals surface area contributed by atoms with Gasteiger partial charge in [0.05, 0.1) is 0 Å². The molecule has 2 N–H and O–H groups in total. The van der Waals surface area contributed by atoms with E-state index in [4.69, 9.17) is 5.73 Å². The van der Waals surface area contributed by atoms with E-state index >= 15 is 0 Å². The lowest BCUT2D eigenvalue weighted by molar-refractivity contribution is 0.554. The minimum Gasteiger partial charge on any atom is -0.322 e. The zero-order chi connectivity index (χ0) is 13.0. The molecule has 2 aromatic carbocycles. The predicted molar refractivity (Wildman–Crippen MR) is 76.1 cm³/mol. The average Bonchev–Trinajstić information content (AvgIpc) is 2.37. The second kappa shape index (κ2) is 5.08. The van der Waals surface area contributed by atoms with Gasteiger partial charge in [-0.1, -0.05) is 42.2 Å². The van der Waals surface area contributed by atoms with Gasteiger partial charge in [-0.2, -0.15) is 0 Å². The fraction of sp³-hybridized carbons (Fsp3) is 0.176. The molecule has 0 fully saturated rings. The van der Waals surface area contributed by atoms with Gasteiger partial charge in [0.15, 0.2) is 0 Å². The van der Waals surface area contributed by atoms with Gasteiger partial charge in [0, 0.05) is 16.7 Å². The normalized spacial score (nSPS) is 10.6. The molecule has 0 bridgehead atoms. The molecular formula is C17H17N. The number of hydrogen-bond donors (Lipinski definition) is 1. The third kappa shape index (κ3) is 3.23. The van der Waals surface area contributed by atoms with Crippen molar-refractivity contribution in [3.8, 4) is 11.8 Å². The van der Waals surface area contributed by atoms with E-state index in [0.29, 0.717) is 0 Å². The molecule has 2 rings (SSSR count). The van der Waals surface area contributed by atoms with E-state index in [0.717, 1.165) is 16.7 Å². The Bertz CT molecular complexity index is 563. The highest BCUT2D eigenvalue weighted by Gasteiger charge is 2.12. The first kappa shape index (κ1) is 12.4. The summed E-state index contributed by atoms with van der Waals surface area (Å²) in [6.45, 7) is 4.00.